The average molecular weight is 325 g/mol. The monoisotopic (exact) mass is 325 g/mol. The summed E-state index contributed by atoms with van der Waals surface area (Å²) in [6, 6.07) is 10.6. The van der Waals surface area contributed by atoms with Crippen molar-refractivity contribution in [1.82, 2.24) is 14.9 Å². The summed E-state index contributed by atoms with van der Waals surface area (Å²) in [6.45, 7) is 6.48. The van der Waals surface area contributed by atoms with Gasteiger partial charge in [0.15, 0.2) is 0 Å². The summed E-state index contributed by atoms with van der Waals surface area (Å²) in [7, 11) is 2.17. The molecule has 1 fully saturated rings. The van der Waals surface area contributed by atoms with Gasteiger partial charge in [0.2, 0.25) is 0 Å². The minimum absolute atomic E-state index is 0.229. The van der Waals surface area contributed by atoms with Crippen LogP contribution >= 0.6 is 0 Å². The second-order valence-corrected chi connectivity index (χ2v) is 6.44. The van der Waals surface area contributed by atoms with Crippen molar-refractivity contribution in [1.29, 1.82) is 0 Å². The predicted octanol–water partition coefficient (Wildman–Crippen LogP) is 3.18. The van der Waals surface area contributed by atoms with E-state index >= 15 is 0 Å². The standard InChI is InChI=1S/C19H27N5/c1-3-6-18(17-7-4-5-10-20-17)22-16-8-9-19(21-15-16)24-13-11-23(2)12-14-24/h4-5,7-10,15,18,22H,3,6,11-14H2,1-2H3. The molecule has 0 amide bonds. The van der Waals surface area contributed by atoms with E-state index in [0.717, 1.165) is 56.2 Å². The van der Waals surface area contributed by atoms with Gasteiger partial charge >= 0.3 is 0 Å². The Morgan fingerprint density at radius 3 is 2.54 bits per heavy atom. The zero-order chi connectivity index (χ0) is 16.8. The number of anilines is 2. The van der Waals surface area contributed by atoms with Gasteiger partial charge in [-0.25, -0.2) is 4.98 Å². The summed E-state index contributed by atoms with van der Waals surface area (Å²) in [5.41, 5.74) is 2.14. The Morgan fingerprint density at radius 1 is 1.08 bits per heavy atom. The minimum atomic E-state index is 0.229. The Kier molecular flexibility index (Phi) is 5.64. The molecule has 0 bridgehead atoms. The van der Waals surface area contributed by atoms with E-state index in [9.17, 15) is 0 Å². The summed E-state index contributed by atoms with van der Waals surface area (Å²) in [5, 5.41) is 3.58. The van der Waals surface area contributed by atoms with Crippen LogP contribution in [0.5, 0.6) is 0 Å². The number of nitrogens with one attached hydrogen (secondary N) is 1. The molecule has 128 valence electrons. The Hall–Kier alpha value is -2.14. The summed E-state index contributed by atoms with van der Waals surface area (Å²) >= 11 is 0. The van der Waals surface area contributed by atoms with Gasteiger partial charge in [-0.1, -0.05) is 19.4 Å². The number of pyridine rings is 2. The van der Waals surface area contributed by atoms with Crippen molar-refractivity contribution >= 4 is 11.5 Å². The van der Waals surface area contributed by atoms with Crippen molar-refractivity contribution in [2.24, 2.45) is 0 Å². The number of rotatable bonds is 6. The predicted molar refractivity (Wildman–Crippen MR) is 99.5 cm³/mol. The van der Waals surface area contributed by atoms with Gasteiger partial charge in [0.1, 0.15) is 5.82 Å². The van der Waals surface area contributed by atoms with E-state index in [1.807, 2.05) is 24.5 Å². The van der Waals surface area contributed by atoms with Crippen LogP contribution in [0.3, 0.4) is 0 Å². The molecule has 0 aromatic carbocycles. The van der Waals surface area contributed by atoms with E-state index in [-0.39, 0.29) is 6.04 Å². The molecule has 5 nitrogen and oxygen atoms in total. The molecule has 5 heteroatoms. The summed E-state index contributed by atoms with van der Waals surface area (Å²) < 4.78 is 0. The molecule has 0 aliphatic carbocycles. The fourth-order valence-electron chi connectivity index (χ4n) is 3.06. The quantitative estimate of drug-likeness (QED) is 0.884. The van der Waals surface area contributed by atoms with Crippen LogP contribution in [0, 0.1) is 0 Å². The Balaban J connectivity index is 1.66. The van der Waals surface area contributed by atoms with Gasteiger partial charge in [-0.3, -0.25) is 4.98 Å². The molecule has 2 aromatic heterocycles. The number of hydrogen-bond donors (Lipinski definition) is 1. The van der Waals surface area contributed by atoms with E-state index in [4.69, 9.17) is 0 Å². The Bertz CT molecular complexity index is 605. The summed E-state index contributed by atoms with van der Waals surface area (Å²) in [6.07, 6.45) is 5.96. The van der Waals surface area contributed by atoms with Crippen LogP contribution < -0.4 is 10.2 Å². The lowest BCUT2D eigenvalue weighted by Gasteiger charge is -2.33. The number of nitrogens with zero attached hydrogens (tertiary/aromatic N) is 4. The third kappa shape index (κ3) is 4.23. The summed E-state index contributed by atoms with van der Waals surface area (Å²) in [5.74, 6) is 1.07. The molecule has 1 N–H and O–H groups in total. The molecule has 2 aromatic rings. The van der Waals surface area contributed by atoms with Crippen molar-refractivity contribution < 1.29 is 0 Å². The summed E-state index contributed by atoms with van der Waals surface area (Å²) in [4.78, 5) is 13.9. The molecule has 1 unspecified atom stereocenters. The number of aromatic nitrogens is 2. The van der Waals surface area contributed by atoms with Crippen molar-refractivity contribution in [2.45, 2.75) is 25.8 Å². The van der Waals surface area contributed by atoms with Crippen LogP contribution in [0.4, 0.5) is 11.5 Å². The van der Waals surface area contributed by atoms with Gasteiger partial charge < -0.3 is 15.1 Å². The van der Waals surface area contributed by atoms with Crippen LogP contribution in [-0.4, -0.2) is 48.1 Å². The van der Waals surface area contributed by atoms with Gasteiger partial charge in [-0.2, -0.15) is 0 Å². The number of piperazine rings is 1. The van der Waals surface area contributed by atoms with Crippen LogP contribution in [0.2, 0.25) is 0 Å². The highest BCUT2D eigenvalue weighted by atomic mass is 15.3. The average Bonchev–Trinajstić information content (AvgIpc) is 2.63. The highest BCUT2D eigenvalue weighted by Gasteiger charge is 2.16. The lowest BCUT2D eigenvalue weighted by atomic mass is 10.1. The van der Waals surface area contributed by atoms with Crippen molar-refractivity contribution in [2.75, 3.05) is 43.4 Å². The van der Waals surface area contributed by atoms with E-state index < -0.39 is 0 Å². The lowest BCUT2D eigenvalue weighted by Crippen LogP contribution is -2.44. The van der Waals surface area contributed by atoms with Crippen molar-refractivity contribution in [3.05, 3.63) is 48.4 Å². The molecule has 0 saturated carbocycles. The van der Waals surface area contributed by atoms with Gasteiger partial charge in [0.25, 0.3) is 0 Å². The van der Waals surface area contributed by atoms with Gasteiger partial charge in [0.05, 0.1) is 23.6 Å². The SMILES string of the molecule is CCCC(Nc1ccc(N2CCN(C)CC2)nc1)c1ccccn1. The maximum absolute atomic E-state index is 4.66. The van der Waals surface area contributed by atoms with Crippen LogP contribution in [-0.2, 0) is 0 Å². The molecule has 3 rings (SSSR count). The fourth-order valence-corrected chi connectivity index (χ4v) is 3.06. The minimum Gasteiger partial charge on any atom is -0.375 e. The first kappa shape index (κ1) is 16.7. The molecule has 1 saturated heterocycles. The third-order valence-electron chi connectivity index (χ3n) is 4.54. The zero-order valence-electron chi connectivity index (χ0n) is 14.7. The maximum atomic E-state index is 4.66. The molecule has 0 spiro atoms. The van der Waals surface area contributed by atoms with Crippen molar-refractivity contribution in [3.63, 3.8) is 0 Å². The van der Waals surface area contributed by atoms with Crippen LogP contribution in [0.15, 0.2) is 42.7 Å². The maximum Gasteiger partial charge on any atom is 0.128 e. The van der Waals surface area contributed by atoms with E-state index in [2.05, 4.69) is 57.3 Å². The van der Waals surface area contributed by atoms with Crippen LogP contribution in [0.25, 0.3) is 0 Å². The first-order valence-corrected chi connectivity index (χ1v) is 8.83. The lowest BCUT2D eigenvalue weighted by molar-refractivity contribution is 0.312. The van der Waals surface area contributed by atoms with Crippen molar-refractivity contribution in [3.8, 4) is 0 Å². The van der Waals surface area contributed by atoms with E-state index in [1.54, 1.807) is 0 Å². The Labute approximate surface area is 144 Å². The molecule has 3 heterocycles. The normalized spacial score (nSPS) is 16.8. The first-order chi connectivity index (χ1) is 11.8. The van der Waals surface area contributed by atoms with Gasteiger partial charge in [-0.05, 0) is 37.7 Å². The molecule has 1 aliphatic rings. The Morgan fingerprint density at radius 2 is 1.92 bits per heavy atom. The van der Waals surface area contributed by atoms with Crippen LogP contribution in [0.1, 0.15) is 31.5 Å². The number of hydrogen-bond acceptors (Lipinski definition) is 5. The molecule has 1 aliphatic heterocycles. The smallest absolute Gasteiger partial charge is 0.128 e. The second kappa shape index (κ2) is 8.11. The van der Waals surface area contributed by atoms with E-state index in [0.29, 0.717) is 0 Å². The third-order valence-corrected chi connectivity index (χ3v) is 4.54. The molecule has 24 heavy (non-hydrogen) atoms. The number of likely N-dealkylation sites (N-methyl/N-ethyl adjacent to an activating group) is 1. The highest BCUT2D eigenvalue weighted by molar-refractivity contribution is 5.50. The molecule has 0 radical (unpaired) electrons. The van der Waals surface area contributed by atoms with Gasteiger partial charge in [-0.15, -0.1) is 0 Å². The fraction of sp³-hybridized carbons (Fsp3) is 0.474. The first-order valence-electron chi connectivity index (χ1n) is 8.83. The zero-order valence-corrected chi connectivity index (χ0v) is 14.7. The highest BCUT2D eigenvalue weighted by Crippen LogP contribution is 2.23. The van der Waals surface area contributed by atoms with E-state index in [1.165, 1.54) is 0 Å². The van der Waals surface area contributed by atoms with Gasteiger partial charge in [0, 0.05) is 32.4 Å². The second-order valence-electron chi connectivity index (χ2n) is 6.44. The molecular weight excluding hydrogens is 298 g/mol. The molecule has 1 atom stereocenters. The topological polar surface area (TPSA) is 44.3 Å². The largest absolute Gasteiger partial charge is 0.375 e. The molecular formula is C19H27N5.